The largest absolute Gasteiger partial charge is 0.497 e. The second-order valence-corrected chi connectivity index (χ2v) is 5.51. The van der Waals surface area contributed by atoms with Crippen LogP contribution in [0.3, 0.4) is 0 Å². The third kappa shape index (κ3) is 3.56. The molecule has 0 bridgehead atoms. The molecule has 0 N–H and O–H groups in total. The number of nitrogens with zero attached hydrogens (tertiary/aromatic N) is 4. The minimum atomic E-state index is 0.0710. The topological polar surface area (TPSA) is 67.8 Å². The van der Waals surface area contributed by atoms with Crippen LogP contribution >= 0.6 is 0 Å². The van der Waals surface area contributed by atoms with E-state index in [0.29, 0.717) is 31.3 Å². The van der Waals surface area contributed by atoms with Crippen LogP contribution in [0.25, 0.3) is 0 Å². The summed E-state index contributed by atoms with van der Waals surface area (Å²) >= 11 is 0. The molecule has 0 saturated carbocycles. The molecule has 126 valence electrons. The molecule has 3 rings (SSSR count). The molecule has 7 heteroatoms. The zero-order valence-corrected chi connectivity index (χ0v) is 13.8. The molecule has 1 aromatic heterocycles. The molecule has 0 unspecified atom stereocenters. The van der Waals surface area contributed by atoms with Gasteiger partial charge < -0.3 is 19.3 Å². The fraction of sp³-hybridized carbons (Fsp3) is 0.353. The van der Waals surface area contributed by atoms with Crippen LogP contribution in [0, 0.1) is 0 Å². The third-order valence-corrected chi connectivity index (χ3v) is 3.99. The molecule has 1 aromatic carbocycles. The van der Waals surface area contributed by atoms with Crippen LogP contribution in [-0.4, -0.2) is 54.6 Å². The van der Waals surface area contributed by atoms with Crippen molar-refractivity contribution in [2.45, 2.75) is 6.54 Å². The Morgan fingerprint density at radius 3 is 2.75 bits per heavy atom. The lowest BCUT2D eigenvalue weighted by Gasteiger charge is -2.35. The molecule has 1 amide bonds. The van der Waals surface area contributed by atoms with Gasteiger partial charge in [0.15, 0.2) is 0 Å². The number of rotatable bonds is 5. The SMILES string of the molecule is COc1cccc(CN2CCN(c3cc(OC)ncn3)CC2=O)c1. The zero-order chi connectivity index (χ0) is 16.9. The van der Waals surface area contributed by atoms with E-state index in [-0.39, 0.29) is 5.91 Å². The normalized spacial score (nSPS) is 14.7. The van der Waals surface area contributed by atoms with E-state index in [9.17, 15) is 4.79 Å². The molecule has 24 heavy (non-hydrogen) atoms. The Kier molecular flexibility index (Phi) is 4.79. The molecule has 1 aliphatic heterocycles. The van der Waals surface area contributed by atoms with Gasteiger partial charge in [-0.05, 0) is 17.7 Å². The first-order chi connectivity index (χ1) is 11.7. The van der Waals surface area contributed by atoms with Crippen molar-refractivity contribution in [3.05, 3.63) is 42.2 Å². The molecule has 0 spiro atoms. The van der Waals surface area contributed by atoms with Crippen LogP contribution in [0.5, 0.6) is 11.6 Å². The van der Waals surface area contributed by atoms with Crippen LogP contribution in [0.2, 0.25) is 0 Å². The highest BCUT2D eigenvalue weighted by Gasteiger charge is 2.25. The van der Waals surface area contributed by atoms with Crippen LogP contribution in [0.1, 0.15) is 5.56 Å². The van der Waals surface area contributed by atoms with Crippen molar-refractivity contribution >= 4 is 11.7 Å². The Hall–Kier alpha value is -2.83. The molecule has 2 heterocycles. The standard InChI is InChI=1S/C17H20N4O3/c1-23-14-5-3-4-13(8-14)10-21-7-6-20(11-17(21)22)15-9-16(24-2)19-12-18-15/h3-5,8-9,12H,6-7,10-11H2,1-2H3. The van der Waals surface area contributed by atoms with Gasteiger partial charge in [0.05, 0.1) is 20.8 Å². The Morgan fingerprint density at radius 2 is 2.00 bits per heavy atom. The van der Waals surface area contributed by atoms with Gasteiger partial charge in [-0.15, -0.1) is 0 Å². The lowest BCUT2D eigenvalue weighted by atomic mass is 10.2. The number of benzene rings is 1. The number of methoxy groups -OCH3 is 2. The van der Waals surface area contributed by atoms with Crippen LogP contribution in [0.4, 0.5) is 5.82 Å². The zero-order valence-electron chi connectivity index (χ0n) is 13.8. The van der Waals surface area contributed by atoms with Crippen molar-refractivity contribution in [3.8, 4) is 11.6 Å². The van der Waals surface area contributed by atoms with Crippen molar-refractivity contribution in [2.24, 2.45) is 0 Å². The highest BCUT2D eigenvalue weighted by molar-refractivity contribution is 5.82. The molecule has 0 atom stereocenters. The average molecular weight is 328 g/mol. The average Bonchev–Trinajstić information content (AvgIpc) is 2.63. The van der Waals surface area contributed by atoms with Crippen LogP contribution < -0.4 is 14.4 Å². The Morgan fingerprint density at radius 1 is 1.12 bits per heavy atom. The Bertz CT molecular complexity index is 722. The number of anilines is 1. The minimum Gasteiger partial charge on any atom is -0.497 e. The van der Waals surface area contributed by atoms with Crippen molar-refractivity contribution in [3.63, 3.8) is 0 Å². The summed E-state index contributed by atoms with van der Waals surface area (Å²) in [7, 11) is 3.20. The van der Waals surface area contributed by atoms with E-state index in [1.165, 1.54) is 6.33 Å². The maximum absolute atomic E-state index is 12.5. The molecule has 1 aliphatic rings. The van der Waals surface area contributed by atoms with E-state index in [0.717, 1.165) is 17.9 Å². The first-order valence-corrected chi connectivity index (χ1v) is 7.71. The molecule has 0 aliphatic carbocycles. The summed E-state index contributed by atoms with van der Waals surface area (Å²) in [6, 6.07) is 9.52. The van der Waals surface area contributed by atoms with E-state index in [4.69, 9.17) is 9.47 Å². The van der Waals surface area contributed by atoms with Crippen LogP contribution in [-0.2, 0) is 11.3 Å². The fourth-order valence-electron chi connectivity index (χ4n) is 2.68. The van der Waals surface area contributed by atoms with Crippen molar-refractivity contribution in [1.82, 2.24) is 14.9 Å². The molecule has 2 aromatic rings. The van der Waals surface area contributed by atoms with Gasteiger partial charge in [0, 0.05) is 25.7 Å². The highest BCUT2D eigenvalue weighted by atomic mass is 16.5. The summed E-state index contributed by atoms with van der Waals surface area (Å²) in [6.45, 7) is 2.24. The smallest absolute Gasteiger partial charge is 0.242 e. The maximum Gasteiger partial charge on any atom is 0.242 e. The second-order valence-electron chi connectivity index (χ2n) is 5.51. The lowest BCUT2D eigenvalue weighted by molar-refractivity contribution is -0.131. The fourth-order valence-corrected chi connectivity index (χ4v) is 2.68. The number of ether oxygens (including phenoxy) is 2. The molecule has 1 saturated heterocycles. The number of amides is 1. The summed E-state index contributed by atoms with van der Waals surface area (Å²) in [5.74, 6) is 2.07. The highest BCUT2D eigenvalue weighted by Crippen LogP contribution is 2.19. The van der Waals surface area contributed by atoms with E-state index in [2.05, 4.69) is 9.97 Å². The van der Waals surface area contributed by atoms with Gasteiger partial charge in [-0.3, -0.25) is 4.79 Å². The van der Waals surface area contributed by atoms with Crippen molar-refractivity contribution in [1.29, 1.82) is 0 Å². The summed E-state index contributed by atoms with van der Waals surface area (Å²) < 4.78 is 10.3. The van der Waals surface area contributed by atoms with E-state index >= 15 is 0 Å². The monoisotopic (exact) mass is 328 g/mol. The van der Waals surface area contributed by atoms with Gasteiger partial charge in [-0.25, -0.2) is 9.97 Å². The number of aromatic nitrogens is 2. The molecule has 1 fully saturated rings. The van der Waals surface area contributed by atoms with Gasteiger partial charge >= 0.3 is 0 Å². The van der Waals surface area contributed by atoms with Gasteiger partial charge in [-0.2, -0.15) is 0 Å². The Balaban J connectivity index is 1.65. The predicted molar refractivity (Wildman–Crippen MR) is 89.2 cm³/mol. The summed E-state index contributed by atoms with van der Waals surface area (Å²) in [6.07, 6.45) is 1.45. The first kappa shape index (κ1) is 16.0. The third-order valence-electron chi connectivity index (χ3n) is 3.99. The van der Waals surface area contributed by atoms with Gasteiger partial charge in [0.2, 0.25) is 11.8 Å². The minimum absolute atomic E-state index is 0.0710. The molecule has 0 radical (unpaired) electrons. The van der Waals surface area contributed by atoms with E-state index < -0.39 is 0 Å². The summed E-state index contributed by atoms with van der Waals surface area (Å²) in [4.78, 5) is 24.5. The van der Waals surface area contributed by atoms with Crippen LogP contribution in [0.15, 0.2) is 36.7 Å². The van der Waals surface area contributed by atoms with Crippen molar-refractivity contribution < 1.29 is 14.3 Å². The summed E-state index contributed by atoms with van der Waals surface area (Å²) in [5, 5.41) is 0. The van der Waals surface area contributed by atoms with E-state index in [1.54, 1.807) is 20.3 Å². The number of hydrogen-bond acceptors (Lipinski definition) is 6. The van der Waals surface area contributed by atoms with E-state index in [1.807, 2.05) is 34.1 Å². The van der Waals surface area contributed by atoms with Gasteiger partial charge in [-0.1, -0.05) is 12.1 Å². The number of piperazine rings is 1. The Labute approximate surface area is 140 Å². The predicted octanol–water partition coefficient (Wildman–Crippen LogP) is 1.34. The molecular weight excluding hydrogens is 308 g/mol. The summed E-state index contributed by atoms with van der Waals surface area (Å²) in [5.41, 5.74) is 1.06. The van der Waals surface area contributed by atoms with Gasteiger partial charge in [0.25, 0.3) is 0 Å². The molecule has 7 nitrogen and oxygen atoms in total. The number of hydrogen-bond donors (Lipinski definition) is 0. The number of carbonyl (C=O) groups is 1. The number of carbonyl (C=O) groups excluding carboxylic acids is 1. The maximum atomic E-state index is 12.5. The lowest BCUT2D eigenvalue weighted by Crippen LogP contribution is -2.50. The molecular formula is C17H20N4O3. The van der Waals surface area contributed by atoms with Gasteiger partial charge in [0.1, 0.15) is 17.9 Å². The quantitative estimate of drug-likeness (QED) is 0.825. The second kappa shape index (κ2) is 7.16. The first-order valence-electron chi connectivity index (χ1n) is 7.71. The van der Waals surface area contributed by atoms with Crippen molar-refractivity contribution in [2.75, 3.05) is 38.8 Å².